The Morgan fingerprint density at radius 1 is 1.17 bits per heavy atom. The second-order valence-electron chi connectivity index (χ2n) is 4.35. The first kappa shape index (κ1) is 11.0. The average Bonchev–Trinajstić information content (AvgIpc) is 2.39. The van der Waals surface area contributed by atoms with Gasteiger partial charge in [0.25, 0.3) is 0 Å². The Morgan fingerprint density at radius 2 is 1.94 bits per heavy atom. The number of hydrogen-bond acceptors (Lipinski definition) is 4. The summed E-state index contributed by atoms with van der Waals surface area (Å²) < 4.78 is 5.78. The lowest BCUT2D eigenvalue weighted by Crippen LogP contribution is -2.30. The van der Waals surface area contributed by atoms with Gasteiger partial charge in [0, 0.05) is 12.6 Å². The molecule has 2 atom stereocenters. The highest BCUT2D eigenvalue weighted by molar-refractivity contribution is 5.34. The highest BCUT2D eigenvalue weighted by atomic mass is 16.5. The minimum Gasteiger partial charge on any atom is -0.508 e. The first-order chi connectivity index (χ1) is 8.74. The molecule has 1 aliphatic heterocycles. The maximum Gasteiger partial charge on any atom is 0.150 e. The fourth-order valence-corrected chi connectivity index (χ4v) is 2.16. The van der Waals surface area contributed by atoms with Gasteiger partial charge in [-0.15, -0.1) is 0 Å². The SMILES string of the molecule is Oc1ccc([C@@H]2Oc3cccnc3C[C@@H]2O)cc1. The molecule has 2 aromatic rings. The molecule has 2 heterocycles. The lowest BCUT2D eigenvalue weighted by Gasteiger charge is -2.30. The van der Waals surface area contributed by atoms with E-state index < -0.39 is 12.2 Å². The van der Waals surface area contributed by atoms with Gasteiger partial charge in [0.05, 0.1) is 5.69 Å². The fraction of sp³-hybridized carbons (Fsp3) is 0.214. The maximum absolute atomic E-state index is 10.1. The van der Waals surface area contributed by atoms with E-state index in [1.807, 2.05) is 12.1 Å². The molecule has 1 aromatic carbocycles. The highest BCUT2D eigenvalue weighted by Crippen LogP contribution is 2.34. The molecule has 0 unspecified atom stereocenters. The molecule has 4 heteroatoms. The molecule has 1 aliphatic rings. The van der Waals surface area contributed by atoms with Crippen LogP contribution < -0.4 is 4.74 Å². The molecule has 4 nitrogen and oxygen atoms in total. The standard InChI is InChI=1S/C14H13NO3/c16-10-5-3-9(4-6-10)14-12(17)8-11-13(18-14)2-1-7-15-11/h1-7,12,14,16-17H,8H2/t12-,14-/m0/s1. The summed E-state index contributed by atoms with van der Waals surface area (Å²) in [4.78, 5) is 4.19. The van der Waals surface area contributed by atoms with Crippen LogP contribution in [0.15, 0.2) is 42.6 Å². The third kappa shape index (κ3) is 1.91. The quantitative estimate of drug-likeness (QED) is 0.802. The summed E-state index contributed by atoms with van der Waals surface area (Å²) in [5.41, 5.74) is 1.62. The summed E-state index contributed by atoms with van der Waals surface area (Å²) in [5, 5.41) is 19.4. The number of aliphatic hydroxyl groups excluding tert-OH is 1. The predicted molar refractivity (Wildman–Crippen MR) is 65.4 cm³/mol. The van der Waals surface area contributed by atoms with Crippen molar-refractivity contribution in [1.82, 2.24) is 4.98 Å². The van der Waals surface area contributed by atoms with Gasteiger partial charge in [0.2, 0.25) is 0 Å². The molecule has 0 amide bonds. The predicted octanol–water partition coefficient (Wildman–Crippen LogP) is 1.82. The molecule has 0 saturated heterocycles. The van der Waals surface area contributed by atoms with Crippen LogP contribution in [0.3, 0.4) is 0 Å². The number of pyridine rings is 1. The highest BCUT2D eigenvalue weighted by Gasteiger charge is 2.30. The normalized spacial score (nSPS) is 22.1. The van der Waals surface area contributed by atoms with E-state index >= 15 is 0 Å². The lowest BCUT2D eigenvalue weighted by atomic mass is 9.97. The van der Waals surface area contributed by atoms with E-state index in [9.17, 15) is 10.2 Å². The summed E-state index contributed by atoms with van der Waals surface area (Å²) in [6.45, 7) is 0. The Balaban J connectivity index is 1.93. The Kier molecular flexibility index (Phi) is 2.64. The van der Waals surface area contributed by atoms with Gasteiger partial charge in [-0.3, -0.25) is 4.98 Å². The van der Waals surface area contributed by atoms with Crippen molar-refractivity contribution in [3.63, 3.8) is 0 Å². The largest absolute Gasteiger partial charge is 0.508 e. The number of aromatic hydroxyl groups is 1. The zero-order valence-corrected chi connectivity index (χ0v) is 9.65. The first-order valence-corrected chi connectivity index (χ1v) is 5.81. The summed E-state index contributed by atoms with van der Waals surface area (Å²) in [6, 6.07) is 10.3. The molecule has 0 bridgehead atoms. The topological polar surface area (TPSA) is 62.6 Å². The van der Waals surface area contributed by atoms with Crippen molar-refractivity contribution >= 4 is 0 Å². The number of aliphatic hydroxyl groups is 1. The van der Waals surface area contributed by atoms with Crippen LogP contribution in [0.5, 0.6) is 11.5 Å². The lowest BCUT2D eigenvalue weighted by molar-refractivity contribution is 0.0192. The number of aromatic nitrogens is 1. The molecule has 0 fully saturated rings. The monoisotopic (exact) mass is 243 g/mol. The van der Waals surface area contributed by atoms with Crippen molar-refractivity contribution in [3.05, 3.63) is 53.9 Å². The number of fused-ring (bicyclic) bond motifs is 1. The van der Waals surface area contributed by atoms with Crippen LogP contribution >= 0.6 is 0 Å². The van der Waals surface area contributed by atoms with Crippen molar-refractivity contribution in [2.75, 3.05) is 0 Å². The van der Waals surface area contributed by atoms with Gasteiger partial charge in [-0.25, -0.2) is 0 Å². The number of benzene rings is 1. The van der Waals surface area contributed by atoms with E-state index in [4.69, 9.17) is 4.74 Å². The van der Waals surface area contributed by atoms with Gasteiger partial charge >= 0.3 is 0 Å². The summed E-state index contributed by atoms with van der Waals surface area (Å²) in [7, 11) is 0. The Morgan fingerprint density at radius 3 is 2.72 bits per heavy atom. The van der Waals surface area contributed by atoms with Crippen LogP contribution in [0.4, 0.5) is 0 Å². The van der Waals surface area contributed by atoms with Crippen molar-refractivity contribution in [3.8, 4) is 11.5 Å². The van der Waals surface area contributed by atoms with E-state index in [1.165, 1.54) is 0 Å². The zero-order valence-electron chi connectivity index (χ0n) is 9.65. The van der Waals surface area contributed by atoms with Gasteiger partial charge in [0.1, 0.15) is 23.7 Å². The van der Waals surface area contributed by atoms with Crippen LogP contribution in [0, 0.1) is 0 Å². The Hall–Kier alpha value is -2.07. The second-order valence-corrected chi connectivity index (χ2v) is 4.35. The molecule has 18 heavy (non-hydrogen) atoms. The first-order valence-electron chi connectivity index (χ1n) is 5.81. The molecule has 3 rings (SSSR count). The fourth-order valence-electron chi connectivity index (χ4n) is 2.16. The van der Waals surface area contributed by atoms with Crippen LogP contribution in [-0.2, 0) is 6.42 Å². The third-order valence-corrected chi connectivity index (χ3v) is 3.08. The number of phenols is 1. The van der Waals surface area contributed by atoms with E-state index in [0.717, 1.165) is 11.3 Å². The second kappa shape index (κ2) is 4.31. The van der Waals surface area contributed by atoms with Crippen LogP contribution in [0.2, 0.25) is 0 Å². The molecule has 2 N–H and O–H groups in total. The number of rotatable bonds is 1. The number of nitrogens with zero attached hydrogens (tertiary/aromatic N) is 1. The van der Waals surface area contributed by atoms with Crippen molar-refractivity contribution in [2.45, 2.75) is 18.6 Å². The van der Waals surface area contributed by atoms with Crippen molar-refractivity contribution in [1.29, 1.82) is 0 Å². The van der Waals surface area contributed by atoms with Gasteiger partial charge in [0.15, 0.2) is 0 Å². The van der Waals surface area contributed by atoms with Crippen LogP contribution in [-0.4, -0.2) is 21.3 Å². The number of ether oxygens (including phenoxy) is 1. The van der Waals surface area contributed by atoms with Crippen LogP contribution in [0.1, 0.15) is 17.4 Å². The van der Waals surface area contributed by atoms with Gasteiger partial charge in [-0.1, -0.05) is 12.1 Å². The van der Waals surface area contributed by atoms with Gasteiger partial charge in [-0.05, 0) is 29.8 Å². The molecular weight excluding hydrogens is 230 g/mol. The average molecular weight is 243 g/mol. The Labute approximate surface area is 104 Å². The molecule has 0 aliphatic carbocycles. The molecule has 92 valence electrons. The number of hydrogen-bond donors (Lipinski definition) is 2. The third-order valence-electron chi connectivity index (χ3n) is 3.08. The van der Waals surface area contributed by atoms with E-state index in [-0.39, 0.29) is 5.75 Å². The number of phenolic OH excluding ortho intramolecular Hbond substituents is 1. The minimum absolute atomic E-state index is 0.200. The van der Waals surface area contributed by atoms with Crippen molar-refractivity contribution in [2.24, 2.45) is 0 Å². The molecule has 0 spiro atoms. The van der Waals surface area contributed by atoms with E-state index in [2.05, 4.69) is 4.98 Å². The molecule has 1 aromatic heterocycles. The van der Waals surface area contributed by atoms with Crippen molar-refractivity contribution < 1.29 is 14.9 Å². The summed E-state index contributed by atoms with van der Waals surface area (Å²) in [6.07, 6.45) is 1.12. The van der Waals surface area contributed by atoms with Gasteiger partial charge in [-0.2, -0.15) is 0 Å². The minimum atomic E-state index is -0.628. The summed E-state index contributed by atoms with van der Waals surface area (Å²) >= 11 is 0. The smallest absolute Gasteiger partial charge is 0.150 e. The molecule has 0 radical (unpaired) electrons. The maximum atomic E-state index is 10.1. The Bertz CT molecular complexity index is 553. The van der Waals surface area contributed by atoms with E-state index in [1.54, 1.807) is 30.5 Å². The van der Waals surface area contributed by atoms with E-state index in [0.29, 0.717) is 12.2 Å². The van der Waals surface area contributed by atoms with Gasteiger partial charge < -0.3 is 14.9 Å². The summed E-state index contributed by atoms with van der Waals surface area (Å²) in [5.74, 6) is 0.909. The zero-order chi connectivity index (χ0) is 12.5. The molecular formula is C14H13NO3. The molecule has 0 saturated carbocycles. The van der Waals surface area contributed by atoms with Crippen LogP contribution in [0.25, 0.3) is 0 Å².